The molecule has 136 valence electrons. The molecule has 6 nitrogen and oxygen atoms in total. The highest BCUT2D eigenvalue weighted by molar-refractivity contribution is 7.91. The largest absolute Gasteiger partial charge is 0.481 e. The Bertz CT molecular complexity index is 793. The zero-order valence-corrected chi connectivity index (χ0v) is 15.1. The molecule has 1 heterocycles. The second kappa shape index (κ2) is 6.44. The summed E-state index contributed by atoms with van der Waals surface area (Å²) in [4.78, 5) is 25.8. The first kappa shape index (κ1) is 17.9. The van der Waals surface area contributed by atoms with Gasteiger partial charge in [0.05, 0.1) is 22.1 Å². The van der Waals surface area contributed by atoms with Crippen LogP contribution in [-0.4, -0.2) is 49.1 Å². The van der Waals surface area contributed by atoms with Crippen LogP contribution in [0.3, 0.4) is 0 Å². The maximum absolute atomic E-state index is 12.9. The number of carboxylic acids is 1. The fraction of sp³-hybridized carbons (Fsp3) is 0.556. The third-order valence-electron chi connectivity index (χ3n) is 5.46. The van der Waals surface area contributed by atoms with Gasteiger partial charge in [0.1, 0.15) is 0 Å². The maximum atomic E-state index is 12.9. The van der Waals surface area contributed by atoms with Crippen LogP contribution in [0.15, 0.2) is 29.2 Å². The number of benzene rings is 1. The van der Waals surface area contributed by atoms with Gasteiger partial charge in [-0.15, -0.1) is 0 Å². The van der Waals surface area contributed by atoms with E-state index < -0.39 is 15.8 Å². The van der Waals surface area contributed by atoms with Gasteiger partial charge in [-0.2, -0.15) is 0 Å². The number of sulfone groups is 1. The molecular formula is C18H23NO5S. The Morgan fingerprint density at radius 3 is 2.44 bits per heavy atom. The number of carboxylic acid groups (broad SMARTS) is 1. The molecule has 25 heavy (non-hydrogen) atoms. The van der Waals surface area contributed by atoms with Gasteiger partial charge in [0.2, 0.25) is 0 Å². The van der Waals surface area contributed by atoms with Gasteiger partial charge in [0.15, 0.2) is 9.84 Å². The lowest BCUT2D eigenvalue weighted by molar-refractivity contribution is -0.139. The van der Waals surface area contributed by atoms with Crippen molar-refractivity contribution in [1.82, 2.24) is 4.90 Å². The van der Waals surface area contributed by atoms with Crippen molar-refractivity contribution in [2.24, 2.45) is 11.3 Å². The average molecular weight is 365 g/mol. The van der Waals surface area contributed by atoms with Crippen molar-refractivity contribution >= 4 is 21.7 Å². The van der Waals surface area contributed by atoms with E-state index >= 15 is 0 Å². The van der Waals surface area contributed by atoms with Crippen LogP contribution in [0.2, 0.25) is 0 Å². The van der Waals surface area contributed by atoms with Crippen molar-refractivity contribution in [1.29, 1.82) is 0 Å². The molecule has 1 saturated carbocycles. The number of hydrogen-bond donors (Lipinski definition) is 1. The third-order valence-corrected chi connectivity index (χ3v) is 7.43. The lowest BCUT2D eigenvalue weighted by Crippen LogP contribution is -2.40. The molecule has 2 fully saturated rings. The van der Waals surface area contributed by atoms with Crippen LogP contribution >= 0.6 is 0 Å². The Morgan fingerprint density at radius 2 is 1.88 bits per heavy atom. The Kier molecular flexibility index (Phi) is 4.62. The summed E-state index contributed by atoms with van der Waals surface area (Å²) in [7, 11) is -3.48. The lowest BCUT2D eigenvalue weighted by Gasteiger charge is -2.33. The minimum Gasteiger partial charge on any atom is -0.481 e. The molecule has 1 atom stereocenters. The fourth-order valence-corrected chi connectivity index (χ4v) is 5.40. The van der Waals surface area contributed by atoms with E-state index in [1.807, 2.05) is 0 Å². The van der Waals surface area contributed by atoms with Gasteiger partial charge in [0, 0.05) is 13.1 Å². The second-order valence-electron chi connectivity index (χ2n) is 7.06. The standard InChI is InChI=1S/C18H23NO5S/c1-2-11-25(23,24)15-6-4-3-5-13(15)16(20)19-9-7-18(8-10-19)12-14(18)17(21)22/h3-6,14H,2,7-12H2,1H3,(H,21,22). The summed E-state index contributed by atoms with van der Waals surface area (Å²) in [6, 6.07) is 6.36. The predicted octanol–water partition coefficient (Wildman–Crippen LogP) is 2.20. The van der Waals surface area contributed by atoms with E-state index in [1.54, 1.807) is 30.0 Å². The molecule has 1 amide bonds. The summed E-state index contributed by atoms with van der Waals surface area (Å²) < 4.78 is 24.9. The number of nitrogens with zero attached hydrogens (tertiary/aromatic N) is 1. The van der Waals surface area contributed by atoms with Gasteiger partial charge in [-0.1, -0.05) is 19.1 Å². The smallest absolute Gasteiger partial charge is 0.307 e. The van der Waals surface area contributed by atoms with Crippen LogP contribution in [0, 0.1) is 11.3 Å². The number of rotatable bonds is 5. The van der Waals surface area contributed by atoms with E-state index in [0.717, 1.165) is 0 Å². The summed E-state index contributed by atoms with van der Waals surface area (Å²) in [6.45, 7) is 2.75. The number of likely N-dealkylation sites (tertiary alicyclic amines) is 1. The molecule has 0 aromatic heterocycles. The molecule has 7 heteroatoms. The van der Waals surface area contributed by atoms with E-state index in [1.165, 1.54) is 6.07 Å². The number of amides is 1. The SMILES string of the molecule is CCCS(=O)(=O)c1ccccc1C(=O)N1CCC2(CC1)CC2C(=O)O. The molecule has 1 spiro atoms. The first-order valence-electron chi connectivity index (χ1n) is 8.64. The van der Waals surface area contributed by atoms with Crippen LogP contribution in [0.5, 0.6) is 0 Å². The molecule has 0 bridgehead atoms. The van der Waals surface area contributed by atoms with Crippen molar-refractivity contribution in [3.63, 3.8) is 0 Å². The number of carbonyl (C=O) groups is 2. The maximum Gasteiger partial charge on any atom is 0.307 e. The van der Waals surface area contributed by atoms with Crippen LogP contribution in [-0.2, 0) is 14.6 Å². The quantitative estimate of drug-likeness (QED) is 0.864. The highest BCUT2D eigenvalue weighted by atomic mass is 32.2. The lowest BCUT2D eigenvalue weighted by atomic mass is 9.90. The molecular weight excluding hydrogens is 342 g/mol. The summed E-state index contributed by atoms with van der Waals surface area (Å²) in [6.07, 6.45) is 2.51. The van der Waals surface area contributed by atoms with E-state index in [-0.39, 0.29) is 33.5 Å². The van der Waals surface area contributed by atoms with Crippen molar-refractivity contribution in [3.05, 3.63) is 29.8 Å². The molecule has 1 aliphatic carbocycles. The molecule has 2 aliphatic rings. The monoisotopic (exact) mass is 365 g/mol. The third kappa shape index (κ3) is 3.29. The van der Waals surface area contributed by atoms with Crippen LogP contribution < -0.4 is 0 Å². The number of hydrogen-bond acceptors (Lipinski definition) is 4. The average Bonchev–Trinajstić information content (AvgIpc) is 3.29. The minimum absolute atomic E-state index is 0.0146. The summed E-state index contributed by atoms with van der Waals surface area (Å²) >= 11 is 0. The van der Waals surface area contributed by atoms with Crippen molar-refractivity contribution in [2.45, 2.75) is 37.5 Å². The molecule has 1 N–H and O–H groups in total. The van der Waals surface area contributed by atoms with E-state index in [2.05, 4.69) is 0 Å². The summed E-state index contributed by atoms with van der Waals surface area (Å²) in [5.74, 6) is -1.31. The first-order valence-corrected chi connectivity index (χ1v) is 10.3. The van der Waals surface area contributed by atoms with Gasteiger partial charge in [0.25, 0.3) is 5.91 Å². The topological polar surface area (TPSA) is 91.8 Å². The fourth-order valence-electron chi connectivity index (χ4n) is 3.87. The van der Waals surface area contributed by atoms with Gasteiger partial charge in [-0.25, -0.2) is 8.42 Å². The van der Waals surface area contributed by atoms with Crippen molar-refractivity contribution in [2.75, 3.05) is 18.8 Å². The summed E-state index contributed by atoms with van der Waals surface area (Å²) in [5.41, 5.74) is 0.0636. The Hall–Kier alpha value is -1.89. The highest BCUT2D eigenvalue weighted by Crippen LogP contribution is 2.59. The Morgan fingerprint density at radius 1 is 1.24 bits per heavy atom. The zero-order chi connectivity index (χ0) is 18.2. The van der Waals surface area contributed by atoms with E-state index in [4.69, 9.17) is 5.11 Å². The molecule has 1 aliphatic heterocycles. The minimum atomic E-state index is -3.48. The number of carbonyl (C=O) groups excluding carboxylic acids is 1. The van der Waals surface area contributed by atoms with Gasteiger partial charge in [-0.3, -0.25) is 9.59 Å². The van der Waals surface area contributed by atoms with Gasteiger partial charge < -0.3 is 10.0 Å². The van der Waals surface area contributed by atoms with E-state index in [9.17, 15) is 18.0 Å². The van der Waals surface area contributed by atoms with Crippen molar-refractivity contribution in [3.8, 4) is 0 Å². The Balaban J connectivity index is 1.76. The van der Waals surface area contributed by atoms with Crippen LogP contribution in [0.1, 0.15) is 43.0 Å². The first-order chi connectivity index (χ1) is 11.8. The zero-order valence-electron chi connectivity index (χ0n) is 14.3. The second-order valence-corrected chi connectivity index (χ2v) is 9.14. The van der Waals surface area contributed by atoms with Crippen molar-refractivity contribution < 1.29 is 23.1 Å². The van der Waals surface area contributed by atoms with Gasteiger partial charge in [-0.05, 0) is 43.2 Å². The molecule has 1 aromatic rings. The number of piperidine rings is 1. The molecule has 1 unspecified atom stereocenters. The molecule has 1 saturated heterocycles. The normalized spacial score (nSPS) is 22.0. The highest BCUT2D eigenvalue weighted by Gasteiger charge is 2.59. The Labute approximate surface area is 147 Å². The van der Waals surface area contributed by atoms with Gasteiger partial charge >= 0.3 is 5.97 Å². The number of aliphatic carboxylic acids is 1. The van der Waals surface area contributed by atoms with E-state index in [0.29, 0.717) is 38.8 Å². The molecule has 3 rings (SSSR count). The predicted molar refractivity (Wildman–Crippen MR) is 92.1 cm³/mol. The summed E-state index contributed by atoms with van der Waals surface area (Å²) in [5, 5.41) is 9.15. The van der Waals surface area contributed by atoms with Crippen LogP contribution in [0.4, 0.5) is 0 Å². The molecule has 1 aromatic carbocycles. The molecule has 0 radical (unpaired) electrons. The van der Waals surface area contributed by atoms with Crippen LogP contribution in [0.25, 0.3) is 0 Å².